The van der Waals surface area contributed by atoms with Crippen molar-refractivity contribution in [3.8, 4) is 16.3 Å². The minimum absolute atomic E-state index is 0.136. The van der Waals surface area contributed by atoms with E-state index in [2.05, 4.69) is 15.5 Å². The molecule has 0 saturated heterocycles. The maximum atomic E-state index is 11.1. The Hall–Kier alpha value is -2.93. The summed E-state index contributed by atoms with van der Waals surface area (Å²) in [5, 5.41) is 22.2. The standard InChI is InChI=1S/C17H15N3O3S/c1-11-19-20-16(24-11)12-5-4-6-13(9-12)18-10-23-15-8-3-2-7-14(15)17(21)22/h2-9,18H,10H2,1H3,(H,21,22). The summed E-state index contributed by atoms with van der Waals surface area (Å²) in [5.41, 5.74) is 1.96. The van der Waals surface area contributed by atoms with Crippen molar-refractivity contribution >= 4 is 23.0 Å². The van der Waals surface area contributed by atoms with Crippen molar-refractivity contribution in [1.29, 1.82) is 0 Å². The number of carbonyl (C=O) groups is 1. The number of rotatable bonds is 6. The topological polar surface area (TPSA) is 84.3 Å². The van der Waals surface area contributed by atoms with Gasteiger partial charge in [-0.2, -0.15) is 0 Å². The number of nitrogens with one attached hydrogen (secondary N) is 1. The Balaban J connectivity index is 1.67. The summed E-state index contributed by atoms with van der Waals surface area (Å²) in [4.78, 5) is 11.1. The van der Waals surface area contributed by atoms with E-state index in [4.69, 9.17) is 9.84 Å². The number of aromatic carboxylic acids is 1. The monoisotopic (exact) mass is 341 g/mol. The Morgan fingerprint density at radius 2 is 2.04 bits per heavy atom. The van der Waals surface area contributed by atoms with Crippen LogP contribution in [0.25, 0.3) is 10.6 Å². The van der Waals surface area contributed by atoms with E-state index in [9.17, 15) is 4.79 Å². The molecule has 0 aliphatic rings. The predicted octanol–water partition coefficient (Wildman–Crippen LogP) is 3.66. The molecule has 0 unspecified atom stereocenters. The van der Waals surface area contributed by atoms with Crippen LogP contribution in [-0.2, 0) is 0 Å². The van der Waals surface area contributed by atoms with Crippen molar-refractivity contribution in [2.24, 2.45) is 0 Å². The lowest BCUT2D eigenvalue weighted by molar-refractivity contribution is 0.0692. The molecule has 1 heterocycles. The Kier molecular flexibility index (Phi) is 4.72. The molecule has 0 bridgehead atoms. The maximum Gasteiger partial charge on any atom is 0.339 e. The summed E-state index contributed by atoms with van der Waals surface area (Å²) in [6.45, 7) is 2.07. The van der Waals surface area contributed by atoms with E-state index in [0.29, 0.717) is 5.75 Å². The predicted molar refractivity (Wildman–Crippen MR) is 92.6 cm³/mol. The number of nitrogens with zero attached hydrogens (tertiary/aromatic N) is 2. The first kappa shape index (κ1) is 15.9. The normalized spacial score (nSPS) is 10.4. The minimum atomic E-state index is -1.01. The number of ether oxygens (including phenoxy) is 1. The van der Waals surface area contributed by atoms with Crippen molar-refractivity contribution < 1.29 is 14.6 Å². The van der Waals surface area contributed by atoms with E-state index in [0.717, 1.165) is 21.3 Å². The van der Waals surface area contributed by atoms with Gasteiger partial charge in [0.2, 0.25) is 0 Å². The average molecular weight is 341 g/mol. The fourth-order valence-electron chi connectivity index (χ4n) is 2.14. The van der Waals surface area contributed by atoms with Crippen molar-refractivity contribution in [1.82, 2.24) is 10.2 Å². The van der Waals surface area contributed by atoms with Crippen LogP contribution in [0.2, 0.25) is 0 Å². The molecule has 3 rings (SSSR count). The molecule has 0 aliphatic carbocycles. The van der Waals surface area contributed by atoms with Crippen LogP contribution < -0.4 is 10.1 Å². The van der Waals surface area contributed by atoms with E-state index in [1.54, 1.807) is 18.2 Å². The quantitative estimate of drug-likeness (QED) is 0.666. The van der Waals surface area contributed by atoms with Gasteiger partial charge >= 0.3 is 5.97 Å². The second-order valence-corrected chi connectivity index (χ2v) is 6.16. The molecule has 0 amide bonds. The molecule has 24 heavy (non-hydrogen) atoms. The Morgan fingerprint density at radius 3 is 2.79 bits per heavy atom. The molecular weight excluding hydrogens is 326 g/mol. The zero-order chi connectivity index (χ0) is 16.9. The van der Waals surface area contributed by atoms with Crippen LogP contribution in [0.1, 0.15) is 15.4 Å². The highest BCUT2D eigenvalue weighted by molar-refractivity contribution is 7.14. The van der Waals surface area contributed by atoms with Gasteiger partial charge in [0, 0.05) is 11.3 Å². The van der Waals surface area contributed by atoms with Crippen LogP contribution >= 0.6 is 11.3 Å². The van der Waals surface area contributed by atoms with Crippen molar-refractivity contribution in [2.45, 2.75) is 6.92 Å². The van der Waals surface area contributed by atoms with E-state index in [1.807, 2.05) is 31.2 Å². The van der Waals surface area contributed by atoms with Gasteiger partial charge in [0.1, 0.15) is 21.3 Å². The lowest BCUT2D eigenvalue weighted by Crippen LogP contribution is -2.11. The first-order valence-electron chi connectivity index (χ1n) is 7.23. The highest BCUT2D eigenvalue weighted by Gasteiger charge is 2.10. The van der Waals surface area contributed by atoms with Crippen LogP contribution in [0.4, 0.5) is 5.69 Å². The molecule has 7 heteroatoms. The summed E-state index contributed by atoms with van der Waals surface area (Å²) in [6.07, 6.45) is 0. The smallest absolute Gasteiger partial charge is 0.339 e. The van der Waals surface area contributed by atoms with Crippen LogP contribution in [0.3, 0.4) is 0 Å². The molecule has 3 aromatic rings. The van der Waals surface area contributed by atoms with E-state index in [1.165, 1.54) is 17.4 Å². The van der Waals surface area contributed by atoms with Gasteiger partial charge in [0.05, 0.1) is 0 Å². The molecule has 2 N–H and O–H groups in total. The number of benzene rings is 2. The first-order chi connectivity index (χ1) is 11.6. The zero-order valence-electron chi connectivity index (χ0n) is 12.9. The van der Waals surface area contributed by atoms with Crippen molar-refractivity contribution in [3.63, 3.8) is 0 Å². The lowest BCUT2D eigenvalue weighted by atomic mass is 10.2. The van der Waals surface area contributed by atoms with Crippen LogP contribution in [0.5, 0.6) is 5.75 Å². The van der Waals surface area contributed by atoms with Gasteiger partial charge in [-0.25, -0.2) is 4.79 Å². The Labute approximate surface area is 142 Å². The van der Waals surface area contributed by atoms with Crippen LogP contribution in [-0.4, -0.2) is 28.0 Å². The van der Waals surface area contributed by atoms with Crippen LogP contribution in [0.15, 0.2) is 48.5 Å². The van der Waals surface area contributed by atoms with Gasteiger partial charge in [-0.05, 0) is 31.2 Å². The third-order valence-corrected chi connectivity index (χ3v) is 4.14. The number of aromatic nitrogens is 2. The molecule has 122 valence electrons. The highest BCUT2D eigenvalue weighted by Crippen LogP contribution is 2.25. The Morgan fingerprint density at radius 1 is 1.21 bits per heavy atom. The fraction of sp³-hybridized carbons (Fsp3) is 0.118. The van der Waals surface area contributed by atoms with Gasteiger partial charge in [-0.1, -0.05) is 35.6 Å². The number of aryl methyl sites for hydroxylation is 1. The van der Waals surface area contributed by atoms with Gasteiger partial charge in [0.15, 0.2) is 6.73 Å². The van der Waals surface area contributed by atoms with Gasteiger partial charge in [-0.15, -0.1) is 10.2 Å². The number of para-hydroxylation sites is 1. The molecular formula is C17H15N3O3S. The van der Waals surface area contributed by atoms with Crippen LogP contribution in [0, 0.1) is 6.92 Å². The van der Waals surface area contributed by atoms with Gasteiger partial charge in [0.25, 0.3) is 0 Å². The Bertz CT molecular complexity index is 864. The first-order valence-corrected chi connectivity index (χ1v) is 8.04. The molecule has 0 aliphatic heterocycles. The zero-order valence-corrected chi connectivity index (χ0v) is 13.7. The second kappa shape index (κ2) is 7.10. The van der Waals surface area contributed by atoms with Gasteiger partial charge < -0.3 is 15.2 Å². The van der Waals surface area contributed by atoms with E-state index >= 15 is 0 Å². The number of carboxylic acid groups (broad SMARTS) is 1. The lowest BCUT2D eigenvalue weighted by Gasteiger charge is -2.11. The fourth-order valence-corrected chi connectivity index (χ4v) is 2.83. The molecule has 0 saturated carbocycles. The van der Waals surface area contributed by atoms with E-state index in [-0.39, 0.29) is 12.3 Å². The molecule has 0 atom stereocenters. The third kappa shape index (κ3) is 3.69. The SMILES string of the molecule is Cc1nnc(-c2cccc(NCOc3ccccc3C(=O)O)c2)s1. The average Bonchev–Trinajstić information content (AvgIpc) is 3.02. The highest BCUT2D eigenvalue weighted by atomic mass is 32.1. The van der Waals surface area contributed by atoms with Gasteiger partial charge in [-0.3, -0.25) is 0 Å². The second-order valence-electron chi connectivity index (χ2n) is 4.97. The molecule has 0 fully saturated rings. The summed E-state index contributed by atoms with van der Waals surface area (Å²) >= 11 is 1.53. The molecule has 1 aromatic heterocycles. The molecule has 2 aromatic carbocycles. The largest absolute Gasteiger partial charge is 0.478 e. The third-order valence-electron chi connectivity index (χ3n) is 3.26. The number of hydrogen-bond donors (Lipinski definition) is 2. The van der Waals surface area contributed by atoms with Crippen molar-refractivity contribution in [3.05, 3.63) is 59.1 Å². The van der Waals surface area contributed by atoms with E-state index < -0.39 is 5.97 Å². The maximum absolute atomic E-state index is 11.1. The number of carboxylic acids is 1. The summed E-state index contributed by atoms with van der Waals surface area (Å²) in [7, 11) is 0. The van der Waals surface area contributed by atoms with Crippen molar-refractivity contribution in [2.75, 3.05) is 12.0 Å². The minimum Gasteiger partial charge on any atom is -0.478 e. The number of anilines is 1. The summed E-state index contributed by atoms with van der Waals surface area (Å²) in [5.74, 6) is -0.687. The molecule has 0 radical (unpaired) electrons. The summed E-state index contributed by atoms with van der Waals surface area (Å²) < 4.78 is 5.53. The summed E-state index contributed by atoms with van der Waals surface area (Å²) in [6, 6.07) is 14.3. The number of hydrogen-bond acceptors (Lipinski definition) is 6. The molecule has 0 spiro atoms. The molecule has 6 nitrogen and oxygen atoms in total.